The van der Waals surface area contributed by atoms with Gasteiger partial charge in [-0.05, 0) is 44.0 Å². The second-order valence-corrected chi connectivity index (χ2v) is 13.7. The third-order valence-corrected chi connectivity index (χ3v) is 9.25. The number of alkyl halides is 4. The van der Waals surface area contributed by atoms with E-state index < -0.39 is 77.9 Å². The van der Waals surface area contributed by atoms with Crippen LogP contribution in [-0.2, 0) is 30.6 Å². The number of hydrogen-bond donors (Lipinski definition) is 3. The van der Waals surface area contributed by atoms with Crippen molar-refractivity contribution < 1.29 is 46.0 Å². The number of carbonyl (C=O) groups is 1. The molecule has 2 heterocycles. The van der Waals surface area contributed by atoms with Crippen molar-refractivity contribution in [1.29, 1.82) is 0 Å². The number of carbonyl (C=O) groups excluding carboxylic acids is 1. The molecule has 240 valence electrons. The molecule has 1 aliphatic heterocycles. The number of ether oxygens (including phenoxy) is 2. The van der Waals surface area contributed by atoms with Crippen molar-refractivity contribution in [2.45, 2.75) is 63.2 Å². The van der Waals surface area contributed by atoms with E-state index in [1.165, 1.54) is 13.0 Å². The zero-order valence-corrected chi connectivity index (χ0v) is 25.7. The van der Waals surface area contributed by atoms with E-state index in [1.54, 1.807) is 55.2 Å². The van der Waals surface area contributed by atoms with E-state index in [2.05, 4.69) is 5.09 Å². The highest BCUT2D eigenvalue weighted by molar-refractivity contribution is 8.09. The molecule has 3 N–H and O–H groups in total. The van der Waals surface area contributed by atoms with Crippen LogP contribution in [0.15, 0.2) is 58.3 Å². The van der Waals surface area contributed by atoms with E-state index in [9.17, 15) is 28.3 Å². The number of rotatable bonds is 11. The van der Waals surface area contributed by atoms with Gasteiger partial charge >= 0.3 is 24.2 Å². The summed E-state index contributed by atoms with van der Waals surface area (Å²) in [6.45, 7) is -1.12. The standard InChI is InChI=1S/C26H27ClF4N3O8PS/c1-13(2)40-20(36)14(3)33-43(44,42-18-10-6-8-15-7-4-5-9-16(15)18)39-12-25(22(28)29)21(37)26(30,31)23(41-25)34-11-17(27)19(35)32-24(34)38/h4-11,13-14,21-23,37H,12H2,1-3H3,(H,33,44)(H,32,35,38). The zero-order valence-electron chi connectivity index (χ0n) is 23.2. The molecule has 18 heteroatoms. The molecule has 2 aromatic carbocycles. The second-order valence-electron chi connectivity index (χ2n) is 10.1. The summed E-state index contributed by atoms with van der Waals surface area (Å²) in [7, 11) is 0. The van der Waals surface area contributed by atoms with Crippen molar-refractivity contribution in [1.82, 2.24) is 14.6 Å². The zero-order chi connectivity index (χ0) is 32.6. The number of nitrogens with zero attached hydrogens (tertiary/aromatic N) is 1. The van der Waals surface area contributed by atoms with Gasteiger partial charge in [0.15, 0.2) is 11.7 Å². The largest absolute Gasteiger partial charge is 0.462 e. The third-order valence-electron chi connectivity index (χ3n) is 6.52. The predicted octanol–water partition coefficient (Wildman–Crippen LogP) is 4.12. The Balaban J connectivity index is 1.72. The van der Waals surface area contributed by atoms with E-state index in [1.807, 2.05) is 0 Å². The molecule has 5 atom stereocenters. The second kappa shape index (κ2) is 12.9. The van der Waals surface area contributed by atoms with Crippen LogP contribution in [-0.4, -0.2) is 63.4 Å². The van der Waals surface area contributed by atoms with Crippen molar-refractivity contribution >= 4 is 46.8 Å². The van der Waals surface area contributed by atoms with Crippen LogP contribution in [0.25, 0.3) is 10.8 Å². The lowest BCUT2D eigenvalue weighted by atomic mass is 9.96. The molecule has 1 aromatic heterocycles. The number of H-pyrrole nitrogens is 1. The molecule has 0 amide bonds. The highest BCUT2D eigenvalue weighted by Gasteiger charge is 2.71. The lowest BCUT2D eigenvalue weighted by Crippen LogP contribution is -2.54. The molecule has 0 radical (unpaired) electrons. The predicted molar refractivity (Wildman–Crippen MR) is 155 cm³/mol. The Morgan fingerprint density at radius 3 is 2.52 bits per heavy atom. The van der Waals surface area contributed by atoms with Gasteiger partial charge in [0.05, 0.1) is 12.7 Å². The fourth-order valence-corrected chi connectivity index (χ4v) is 6.92. The van der Waals surface area contributed by atoms with Crippen molar-refractivity contribution in [3.8, 4) is 5.75 Å². The van der Waals surface area contributed by atoms with Crippen LogP contribution in [0.3, 0.4) is 0 Å². The Bertz CT molecular complexity index is 1700. The topological polar surface area (TPSA) is 141 Å². The molecular weight excluding hydrogens is 657 g/mol. The molecule has 5 unspecified atom stereocenters. The van der Waals surface area contributed by atoms with Crippen LogP contribution in [0, 0.1) is 0 Å². The Kier molecular flexibility index (Phi) is 9.95. The first-order valence-electron chi connectivity index (χ1n) is 12.9. The summed E-state index contributed by atoms with van der Waals surface area (Å²) in [6, 6.07) is 10.5. The van der Waals surface area contributed by atoms with Crippen LogP contribution in [0.5, 0.6) is 5.75 Å². The molecule has 4 rings (SSSR count). The molecule has 0 aliphatic carbocycles. The van der Waals surface area contributed by atoms with Crippen molar-refractivity contribution in [3.05, 3.63) is 74.5 Å². The van der Waals surface area contributed by atoms with Crippen LogP contribution in [0.4, 0.5) is 17.6 Å². The van der Waals surface area contributed by atoms with Crippen molar-refractivity contribution in [2.24, 2.45) is 0 Å². The monoisotopic (exact) mass is 683 g/mol. The smallest absolute Gasteiger partial charge is 0.330 e. The minimum Gasteiger partial charge on any atom is -0.462 e. The number of fused-ring (bicyclic) bond motifs is 1. The number of hydrogen-bond acceptors (Lipinski definition) is 9. The SMILES string of the molecule is CC(C)OC(=O)C(C)NP(=S)(OCC1(C(F)F)OC(n2cc(Cl)c(=O)[nH]c2=O)C(F)(F)C1O)Oc1cccc2ccccc12. The number of nitrogens with one attached hydrogen (secondary N) is 2. The van der Waals surface area contributed by atoms with Crippen LogP contribution in [0.1, 0.15) is 27.0 Å². The Morgan fingerprint density at radius 2 is 1.86 bits per heavy atom. The first kappa shape index (κ1) is 34.0. The van der Waals surface area contributed by atoms with Gasteiger partial charge in [-0.25, -0.2) is 18.7 Å². The molecule has 0 saturated carbocycles. The highest BCUT2D eigenvalue weighted by Crippen LogP contribution is 2.54. The summed E-state index contributed by atoms with van der Waals surface area (Å²) in [5.41, 5.74) is -6.07. The van der Waals surface area contributed by atoms with Gasteiger partial charge in [-0.1, -0.05) is 48.0 Å². The Hall–Kier alpha value is -2.85. The van der Waals surface area contributed by atoms with Gasteiger partial charge in [0.1, 0.15) is 16.8 Å². The molecule has 1 fully saturated rings. The molecule has 0 spiro atoms. The van der Waals surface area contributed by atoms with Crippen molar-refractivity contribution in [2.75, 3.05) is 6.61 Å². The normalized spacial score (nSPS) is 23.5. The van der Waals surface area contributed by atoms with E-state index in [0.29, 0.717) is 17.0 Å². The van der Waals surface area contributed by atoms with E-state index in [-0.39, 0.29) is 10.3 Å². The van der Waals surface area contributed by atoms with E-state index >= 15 is 8.78 Å². The number of aromatic nitrogens is 2. The van der Waals surface area contributed by atoms with Gasteiger partial charge in [0, 0.05) is 11.6 Å². The first-order chi connectivity index (χ1) is 20.5. The van der Waals surface area contributed by atoms with Gasteiger partial charge in [-0.15, -0.1) is 0 Å². The fraction of sp³-hybridized carbons (Fsp3) is 0.423. The number of esters is 1. The van der Waals surface area contributed by atoms with Gasteiger partial charge in [-0.2, -0.15) is 8.78 Å². The summed E-state index contributed by atoms with van der Waals surface area (Å²) < 4.78 is 81.8. The van der Waals surface area contributed by atoms with Gasteiger partial charge in [0.2, 0.25) is 6.23 Å². The third kappa shape index (κ3) is 6.71. The average molecular weight is 684 g/mol. The molecule has 1 saturated heterocycles. The minimum atomic E-state index is -4.54. The maximum absolute atomic E-state index is 15.4. The van der Waals surface area contributed by atoms with E-state index in [0.717, 1.165) is 0 Å². The van der Waals surface area contributed by atoms with Crippen LogP contribution >= 0.6 is 18.2 Å². The summed E-state index contributed by atoms with van der Waals surface area (Å²) in [6.07, 6.45) is -10.0. The minimum absolute atomic E-state index is 0.0715. The average Bonchev–Trinajstić information content (AvgIpc) is 3.15. The molecule has 0 bridgehead atoms. The van der Waals surface area contributed by atoms with Crippen molar-refractivity contribution in [3.63, 3.8) is 0 Å². The number of aliphatic hydroxyl groups is 1. The Labute approximate surface area is 257 Å². The summed E-state index contributed by atoms with van der Waals surface area (Å²) in [5, 5.41) is 13.7. The van der Waals surface area contributed by atoms with E-state index in [4.69, 9.17) is 41.9 Å². The van der Waals surface area contributed by atoms with Crippen LogP contribution < -0.4 is 20.9 Å². The molecule has 1 aliphatic rings. The number of benzene rings is 2. The molecular formula is C26H27ClF4N3O8PS. The Morgan fingerprint density at radius 1 is 1.20 bits per heavy atom. The first-order valence-corrected chi connectivity index (χ1v) is 16.0. The number of halogens is 5. The van der Waals surface area contributed by atoms with Gasteiger partial charge in [0.25, 0.3) is 12.0 Å². The summed E-state index contributed by atoms with van der Waals surface area (Å²) in [4.78, 5) is 38.2. The fourth-order valence-electron chi connectivity index (χ4n) is 4.34. The van der Waals surface area contributed by atoms with Gasteiger partial charge in [-0.3, -0.25) is 19.1 Å². The highest BCUT2D eigenvalue weighted by atomic mass is 35.5. The molecule has 3 aromatic rings. The lowest BCUT2D eigenvalue weighted by molar-refractivity contribution is -0.192. The van der Waals surface area contributed by atoms with Gasteiger partial charge < -0.3 is 23.6 Å². The molecule has 44 heavy (non-hydrogen) atoms. The maximum Gasteiger partial charge on any atom is 0.330 e. The summed E-state index contributed by atoms with van der Waals surface area (Å²) in [5.74, 6) is -5.23. The van der Waals surface area contributed by atoms with Crippen LogP contribution in [0.2, 0.25) is 5.02 Å². The maximum atomic E-state index is 15.4. The molecule has 11 nitrogen and oxygen atoms in total. The number of aromatic amines is 1. The quantitative estimate of drug-likeness (QED) is 0.154. The summed E-state index contributed by atoms with van der Waals surface area (Å²) >= 11 is 11.2. The lowest BCUT2D eigenvalue weighted by Gasteiger charge is -2.34. The number of aliphatic hydroxyl groups excluding tert-OH is 1.